The molecule has 0 amide bonds. The molecule has 0 saturated carbocycles. The van der Waals surface area contributed by atoms with Gasteiger partial charge in [-0.3, -0.25) is 0 Å². The fourth-order valence-corrected chi connectivity index (χ4v) is 4.36. The van der Waals surface area contributed by atoms with Gasteiger partial charge in [-0.1, -0.05) is 24.3 Å². The number of aromatic nitrogens is 6. The molecule has 0 aliphatic rings. The largest absolute Gasteiger partial charge is 0.503 e. The molecule has 0 atom stereocenters. The van der Waals surface area contributed by atoms with Gasteiger partial charge in [0.05, 0.1) is 0 Å². The molecule has 0 bridgehead atoms. The van der Waals surface area contributed by atoms with Crippen molar-refractivity contribution in [2.45, 2.75) is 12.8 Å². The standard InChI is InChI=1S/C28H24N6O5/c35-11-9-17-13-23(33-29-19-5-1-2-6-20(19)30-33)27(37)25(15-17)39-26-16-18(10-12-36)14-24(28(26)38)34-31-21-7-3-4-8-22(21)32-34/h1-8,13-16,35-38H,9-12H2. The van der Waals surface area contributed by atoms with Crippen LogP contribution >= 0.6 is 0 Å². The predicted molar refractivity (Wildman–Crippen MR) is 143 cm³/mol. The Balaban J connectivity index is 1.47. The van der Waals surface area contributed by atoms with Gasteiger partial charge in [0.15, 0.2) is 23.0 Å². The first-order chi connectivity index (χ1) is 19.0. The zero-order valence-corrected chi connectivity index (χ0v) is 20.6. The molecule has 11 nitrogen and oxygen atoms in total. The van der Waals surface area contributed by atoms with E-state index >= 15 is 0 Å². The molecule has 0 saturated heterocycles. The van der Waals surface area contributed by atoms with Crippen molar-refractivity contribution in [1.29, 1.82) is 0 Å². The van der Waals surface area contributed by atoms with Crippen molar-refractivity contribution in [2.24, 2.45) is 0 Å². The molecular weight excluding hydrogens is 500 g/mol. The molecule has 4 N–H and O–H groups in total. The van der Waals surface area contributed by atoms with E-state index in [2.05, 4.69) is 20.4 Å². The third-order valence-corrected chi connectivity index (χ3v) is 6.25. The van der Waals surface area contributed by atoms with Gasteiger partial charge in [0.25, 0.3) is 0 Å². The SMILES string of the molecule is OCCc1cc(Oc2cc(CCO)cc(-n3nc4ccccc4n3)c2O)c(O)c(-n2nc3ccccc3n2)c1. The lowest BCUT2D eigenvalue weighted by Gasteiger charge is -2.16. The summed E-state index contributed by atoms with van der Waals surface area (Å²) in [4.78, 5) is 2.61. The van der Waals surface area contributed by atoms with Gasteiger partial charge >= 0.3 is 0 Å². The van der Waals surface area contributed by atoms with Gasteiger partial charge in [-0.15, -0.1) is 30.0 Å². The van der Waals surface area contributed by atoms with Crippen LogP contribution in [0.5, 0.6) is 23.0 Å². The summed E-state index contributed by atoms with van der Waals surface area (Å²) in [6.45, 7) is -0.254. The summed E-state index contributed by atoms with van der Waals surface area (Å²) in [5.41, 5.74) is 4.39. The Morgan fingerprint density at radius 1 is 0.564 bits per heavy atom. The minimum absolute atomic E-state index is 0.0262. The molecule has 0 aliphatic heterocycles. The maximum absolute atomic E-state index is 11.2. The van der Waals surface area contributed by atoms with E-state index in [1.54, 1.807) is 24.3 Å². The highest BCUT2D eigenvalue weighted by atomic mass is 16.5. The topological polar surface area (TPSA) is 152 Å². The van der Waals surface area contributed by atoms with E-state index in [0.29, 0.717) is 33.2 Å². The zero-order chi connectivity index (χ0) is 26.9. The second-order valence-electron chi connectivity index (χ2n) is 8.93. The number of phenols is 2. The molecule has 4 aromatic carbocycles. The quantitative estimate of drug-likeness (QED) is 0.235. The Hall–Kier alpha value is -5.00. The highest BCUT2D eigenvalue weighted by Gasteiger charge is 2.21. The molecular formula is C28H24N6O5. The monoisotopic (exact) mass is 524 g/mol. The Morgan fingerprint density at radius 3 is 1.26 bits per heavy atom. The van der Waals surface area contributed by atoms with Crippen molar-refractivity contribution in [3.8, 4) is 34.4 Å². The van der Waals surface area contributed by atoms with E-state index < -0.39 is 0 Å². The van der Waals surface area contributed by atoms with E-state index in [4.69, 9.17) is 4.74 Å². The molecule has 0 aliphatic carbocycles. The van der Waals surface area contributed by atoms with Crippen molar-refractivity contribution in [1.82, 2.24) is 30.0 Å². The molecule has 39 heavy (non-hydrogen) atoms. The Kier molecular flexibility index (Phi) is 6.27. The smallest absolute Gasteiger partial charge is 0.186 e. The van der Waals surface area contributed by atoms with E-state index in [1.807, 2.05) is 48.5 Å². The lowest BCUT2D eigenvalue weighted by molar-refractivity contribution is 0.299. The number of fused-ring (bicyclic) bond motifs is 2. The number of nitrogens with zero attached hydrogens (tertiary/aromatic N) is 6. The number of benzene rings is 4. The Labute approximate surface area is 221 Å². The van der Waals surface area contributed by atoms with E-state index in [0.717, 1.165) is 0 Å². The van der Waals surface area contributed by atoms with Crippen molar-refractivity contribution in [2.75, 3.05) is 13.2 Å². The molecule has 11 heteroatoms. The molecule has 0 spiro atoms. The number of rotatable bonds is 8. The van der Waals surface area contributed by atoms with E-state index in [-0.39, 0.29) is 60.4 Å². The van der Waals surface area contributed by atoms with Gasteiger partial charge in [-0.05, 0) is 72.5 Å². The van der Waals surface area contributed by atoms with Gasteiger partial charge in [-0.2, -0.15) is 0 Å². The summed E-state index contributed by atoms with van der Waals surface area (Å²) < 4.78 is 6.09. The summed E-state index contributed by atoms with van der Waals surface area (Å²) in [6.07, 6.45) is 0.575. The average molecular weight is 525 g/mol. The molecule has 2 aromatic heterocycles. The molecule has 2 heterocycles. The maximum atomic E-state index is 11.2. The molecule has 0 radical (unpaired) electrons. The molecule has 6 rings (SSSR count). The Bertz CT molecular complexity index is 1610. The van der Waals surface area contributed by atoms with Crippen LogP contribution in [0.1, 0.15) is 11.1 Å². The normalized spacial score (nSPS) is 11.4. The first kappa shape index (κ1) is 24.3. The second-order valence-corrected chi connectivity index (χ2v) is 8.93. The Morgan fingerprint density at radius 2 is 0.923 bits per heavy atom. The summed E-state index contributed by atoms with van der Waals surface area (Å²) >= 11 is 0. The minimum Gasteiger partial charge on any atom is -0.503 e. The molecule has 0 unspecified atom stereocenters. The summed E-state index contributed by atoms with van der Waals surface area (Å²) in [5, 5.41) is 59.4. The van der Waals surface area contributed by atoms with Crippen molar-refractivity contribution >= 4 is 22.1 Å². The number of aromatic hydroxyl groups is 2. The third kappa shape index (κ3) is 4.60. The van der Waals surface area contributed by atoms with Crippen LogP contribution in [0.3, 0.4) is 0 Å². The second kappa shape index (κ2) is 10.0. The number of hydrogen-bond acceptors (Lipinski definition) is 9. The first-order valence-corrected chi connectivity index (χ1v) is 12.3. The number of hydrogen-bond donors (Lipinski definition) is 4. The minimum atomic E-state index is -0.256. The van der Waals surface area contributed by atoms with Crippen LogP contribution in [0.15, 0.2) is 72.8 Å². The lowest BCUT2D eigenvalue weighted by Crippen LogP contribution is -2.04. The summed E-state index contributed by atoms with van der Waals surface area (Å²) in [6, 6.07) is 21.1. The lowest BCUT2D eigenvalue weighted by atomic mass is 10.1. The first-order valence-electron chi connectivity index (χ1n) is 12.3. The highest BCUT2D eigenvalue weighted by molar-refractivity contribution is 5.75. The summed E-state index contributed by atoms with van der Waals surface area (Å²) in [7, 11) is 0. The van der Waals surface area contributed by atoms with Crippen LogP contribution in [-0.2, 0) is 12.8 Å². The average Bonchev–Trinajstić information content (AvgIpc) is 3.56. The fourth-order valence-electron chi connectivity index (χ4n) is 4.36. The van der Waals surface area contributed by atoms with Crippen molar-refractivity contribution in [3.63, 3.8) is 0 Å². The van der Waals surface area contributed by atoms with Crippen molar-refractivity contribution in [3.05, 3.63) is 83.9 Å². The zero-order valence-electron chi connectivity index (χ0n) is 20.6. The van der Waals surface area contributed by atoms with Crippen LogP contribution in [0.25, 0.3) is 33.4 Å². The van der Waals surface area contributed by atoms with Gasteiger partial charge in [0.2, 0.25) is 0 Å². The van der Waals surface area contributed by atoms with Gasteiger partial charge in [0.1, 0.15) is 33.4 Å². The van der Waals surface area contributed by atoms with E-state index in [9.17, 15) is 20.4 Å². The molecule has 196 valence electrons. The van der Waals surface area contributed by atoms with Crippen LogP contribution < -0.4 is 4.74 Å². The molecule has 0 fully saturated rings. The maximum Gasteiger partial charge on any atom is 0.186 e. The van der Waals surface area contributed by atoms with Crippen LogP contribution in [-0.4, -0.2) is 63.6 Å². The number of aliphatic hydroxyl groups excluding tert-OH is 2. The van der Waals surface area contributed by atoms with Crippen LogP contribution in [0.4, 0.5) is 0 Å². The van der Waals surface area contributed by atoms with E-state index in [1.165, 1.54) is 9.59 Å². The fraction of sp³-hybridized carbons (Fsp3) is 0.143. The van der Waals surface area contributed by atoms with Gasteiger partial charge in [-0.25, -0.2) is 0 Å². The number of aliphatic hydroxyl groups is 2. The molecule has 6 aromatic rings. The third-order valence-electron chi connectivity index (χ3n) is 6.25. The van der Waals surface area contributed by atoms with Crippen molar-refractivity contribution < 1.29 is 25.2 Å². The van der Waals surface area contributed by atoms with Gasteiger partial charge < -0.3 is 25.2 Å². The van der Waals surface area contributed by atoms with Crippen LogP contribution in [0.2, 0.25) is 0 Å². The number of phenolic OH excluding ortho intramolecular Hbond substituents is 2. The van der Waals surface area contributed by atoms with Crippen LogP contribution in [0, 0.1) is 0 Å². The van der Waals surface area contributed by atoms with Gasteiger partial charge in [0, 0.05) is 13.2 Å². The summed E-state index contributed by atoms with van der Waals surface area (Å²) in [5.74, 6) is -0.460. The predicted octanol–water partition coefficient (Wildman–Crippen LogP) is 3.43. The number of ether oxygens (including phenoxy) is 1. The highest BCUT2D eigenvalue weighted by Crippen LogP contribution is 2.42.